The van der Waals surface area contributed by atoms with E-state index in [0.29, 0.717) is 13.0 Å². The number of fused-ring (bicyclic) bond motifs is 1. The first-order valence-electron chi connectivity index (χ1n) is 11.5. The maximum absolute atomic E-state index is 9.96. The molecule has 3 heterocycles. The fourth-order valence-corrected chi connectivity index (χ4v) is 4.73. The second-order valence-corrected chi connectivity index (χ2v) is 8.63. The van der Waals surface area contributed by atoms with Crippen LogP contribution in [0.25, 0.3) is 22.0 Å². The molecule has 0 saturated carbocycles. The predicted molar refractivity (Wildman–Crippen MR) is 125 cm³/mol. The molecule has 2 aromatic carbocycles. The highest BCUT2D eigenvalue weighted by atomic mass is 16.5. The van der Waals surface area contributed by atoms with E-state index in [9.17, 15) is 5.11 Å². The number of likely N-dealkylation sites (N-methyl/N-ethyl adjacent to an activating group) is 1. The summed E-state index contributed by atoms with van der Waals surface area (Å²) in [7, 11) is 0. The topological polar surface area (TPSA) is 48.8 Å². The summed E-state index contributed by atoms with van der Waals surface area (Å²) in [5.41, 5.74) is 3.24. The number of pyridine rings is 1. The molecule has 0 radical (unpaired) electrons. The first-order chi connectivity index (χ1) is 15.2. The van der Waals surface area contributed by atoms with E-state index in [2.05, 4.69) is 71.3 Å². The van der Waals surface area contributed by atoms with Gasteiger partial charge in [-0.15, -0.1) is 0 Å². The number of aliphatic hydroxyl groups is 1. The van der Waals surface area contributed by atoms with Crippen LogP contribution in [0.1, 0.15) is 31.4 Å². The van der Waals surface area contributed by atoms with Gasteiger partial charge in [0.15, 0.2) is 0 Å². The summed E-state index contributed by atoms with van der Waals surface area (Å²) in [6, 6.07) is 19.3. The molecule has 1 unspecified atom stereocenters. The van der Waals surface area contributed by atoms with Crippen molar-refractivity contribution in [2.45, 2.75) is 32.0 Å². The van der Waals surface area contributed by atoms with E-state index in [1.54, 1.807) is 0 Å². The number of rotatable bonds is 4. The van der Waals surface area contributed by atoms with Crippen LogP contribution in [-0.4, -0.2) is 60.4 Å². The molecule has 3 aromatic rings. The van der Waals surface area contributed by atoms with Crippen molar-refractivity contribution in [2.75, 3.05) is 44.2 Å². The van der Waals surface area contributed by atoms with Gasteiger partial charge in [-0.3, -0.25) is 0 Å². The van der Waals surface area contributed by atoms with Crippen molar-refractivity contribution in [2.24, 2.45) is 0 Å². The van der Waals surface area contributed by atoms with Gasteiger partial charge in [0.1, 0.15) is 5.82 Å². The van der Waals surface area contributed by atoms with E-state index in [4.69, 9.17) is 9.72 Å². The van der Waals surface area contributed by atoms with Gasteiger partial charge < -0.3 is 19.6 Å². The van der Waals surface area contributed by atoms with Gasteiger partial charge in [-0.2, -0.15) is 0 Å². The number of nitrogens with zero attached hydrogens (tertiary/aromatic N) is 3. The minimum atomic E-state index is -0.267. The molecule has 31 heavy (non-hydrogen) atoms. The normalized spacial score (nSPS) is 22.7. The average molecular weight is 418 g/mol. The highest BCUT2D eigenvalue weighted by Gasteiger charge is 2.23. The largest absolute Gasteiger partial charge is 0.393 e. The number of hydrogen-bond donors (Lipinski definition) is 1. The quantitative estimate of drug-likeness (QED) is 0.688. The van der Waals surface area contributed by atoms with E-state index in [1.165, 1.54) is 10.8 Å². The molecule has 2 atom stereocenters. The molecule has 1 aromatic heterocycles. The van der Waals surface area contributed by atoms with Crippen LogP contribution in [0.15, 0.2) is 54.6 Å². The number of ether oxygens (including phenoxy) is 1. The lowest BCUT2D eigenvalue weighted by molar-refractivity contribution is -0.0447. The Balaban J connectivity index is 1.46. The number of hydrogen-bond acceptors (Lipinski definition) is 5. The number of benzene rings is 2. The Morgan fingerprint density at radius 1 is 1.03 bits per heavy atom. The van der Waals surface area contributed by atoms with E-state index in [0.717, 1.165) is 61.8 Å². The third-order valence-electron chi connectivity index (χ3n) is 6.67. The number of piperazine rings is 1. The Morgan fingerprint density at radius 2 is 1.81 bits per heavy atom. The summed E-state index contributed by atoms with van der Waals surface area (Å²) in [4.78, 5) is 10.1. The molecule has 1 N–H and O–H groups in total. The maximum atomic E-state index is 9.96. The summed E-state index contributed by atoms with van der Waals surface area (Å²) in [6.07, 6.45) is 1.11. The minimum absolute atomic E-state index is 0.0206. The second-order valence-electron chi connectivity index (χ2n) is 8.63. The van der Waals surface area contributed by atoms with E-state index >= 15 is 0 Å². The molecular formula is C26H31N3O2. The van der Waals surface area contributed by atoms with Crippen LogP contribution >= 0.6 is 0 Å². The fraction of sp³-hybridized carbons (Fsp3) is 0.423. The van der Waals surface area contributed by atoms with Gasteiger partial charge in [-0.05, 0) is 30.0 Å². The van der Waals surface area contributed by atoms with Crippen LogP contribution < -0.4 is 4.90 Å². The van der Waals surface area contributed by atoms with Crippen molar-refractivity contribution in [3.05, 3.63) is 60.2 Å². The van der Waals surface area contributed by atoms with Gasteiger partial charge in [0.25, 0.3) is 0 Å². The molecule has 0 bridgehead atoms. The van der Waals surface area contributed by atoms with Crippen molar-refractivity contribution >= 4 is 16.6 Å². The number of aliphatic hydroxyl groups excluding tert-OH is 1. The minimum Gasteiger partial charge on any atom is -0.393 e. The predicted octanol–water partition coefficient (Wildman–Crippen LogP) is 4.26. The summed E-state index contributed by atoms with van der Waals surface area (Å²) in [6.45, 7) is 8.14. The van der Waals surface area contributed by atoms with Gasteiger partial charge >= 0.3 is 0 Å². The summed E-state index contributed by atoms with van der Waals surface area (Å²) >= 11 is 0. The van der Waals surface area contributed by atoms with E-state index < -0.39 is 0 Å². The van der Waals surface area contributed by atoms with Gasteiger partial charge in [-0.25, -0.2) is 4.98 Å². The van der Waals surface area contributed by atoms with Crippen LogP contribution in [0, 0.1) is 0 Å². The van der Waals surface area contributed by atoms with Crippen molar-refractivity contribution < 1.29 is 9.84 Å². The van der Waals surface area contributed by atoms with Crippen molar-refractivity contribution in [1.29, 1.82) is 0 Å². The smallest absolute Gasteiger partial charge is 0.137 e. The van der Waals surface area contributed by atoms with E-state index in [1.807, 2.05) is 0 Å². The molecule has 162 valence electrons. The summed E-state index contributed by atoms with van der Waals surface area (Å²) < 4.78 is 5.87. The second kappa shape index (κ2) is 8.95. The average Bonchev–Trinajstić information content (AvgIpc) is 2.83. The molecule has 0 spiro atoms. The zero-order chi connectivity index (χ0) is 21.2. The Bertz CT molecular complexity index is 1030. The lowest BCUT2D eigenvalue weighted by atomic mass is 9.97. The number of aromatic nitrogens is 1. The van der Waals surface area contributed by atoms with Crippen molar-refractivity contribution in [1.82, 2.24) is 9.88 Å². The highest BCUT2D eigenvalue weighted by Crippen LogP contribution is 2.33. The van der Waals surface area contributed by atoms with Crippen molar-refractivity contribution in [3.8, 4) is 11.3 Å². The third kappa shape index (κ3) is 4.31. The Hall–Kier alpha value is -2.47. The highest BCUT2D eigenvalue weighted by molar-refractivity contribution is 5.95. The molecular weight excluding hydrogens is 386 g/mol. The lowest BCUT2D eigenvalue weighted by Crippen LogP contribution is -2.46. The van der Waals surface area contributed by atoms with Crippen molar-refractivity contribution in [3.63, 3.8) is 0 Å². The van der Waals surface area contributed by atoms with Gasteiger partial charge in [0.2, 0.25) is 0 Å². The van der Waals surface area contributed by atoms with Crippen LogP contribution in [0.4, 0.5) is 5.82 Å². The van der Waals surface area contributed by atoms with Crippen LogP contribution in [0.3, 0.4) is 0 Å². The molecule has 5 rings (SSSR count). The monoisotopic (exact) mass is 417 g/mol. The van der Waals surface area contributed by atoms with Crippen LogP contribution in [0.2, 0.25) is 0 Å². The third-order valence-corrected chi connectivity index (χ3v) is 6.67. The van der Waals surface area contributed by atoms with Gasteiger partial charge in [-0.1, -0.05) is 55.5 Å². The molecule has 5 nitrogen and oxygen atoms in total. The van der Waals surface area contributed by atoms with Crippen LogP contribution in [0.5, 0.6) is 0 Å². The zero-order valence-electron chi connectivity index (χ0n) is 18.2. The molecule has 0 aliphatic carbocycles. The van der Waals surface area contributed by atoms with Crippen LogP contribution in [-0.2, 0) is 4.74 Å². The molecule has 0 amide bonds. The Labute approximate surface area is 184 Å². The lowest BCUT2D eigenvalue weighted by Gasteiger charge is -2.35. The number of anilines is 1. The Kier molecular flexibility index (Phi) is 5.90. The molecule has 5 heteroatoms. The molecule has 2 fully saturated rings. The summed E-state index contributed by atoms with van der Waals surface area (Å²) in [5.74, 6) is 1.09. The molecule has 2 aliphatic rings. The Morgan fingerprint density at radius 3 is 2.55 bits per heavy atom. The van der Waals surface area contributed by atoms with Gasteiger partial charge in [0.05, 0.1) is 17.9 Å². The van der Waals surface area contributed by atoms with E-state index in [-0.39, 0.29) is 12.2 Å². The maximum Gasteiger partial charge on any atom is 0.137 e. The summed E-state index contributed by atoms with van der Waals surface area (Å²) in [5, 5.41) is 12.4. The zero-order valence-corrected chi connectivity index (χ0v) is 18.2. The first-order valence-corrected chi connectivity index (χ1v) is 11.5. The standard InChI is InChI=1S/C26H31N3O2/c1-2-28-12-14-29(15-13-28)26-23-6-4-3-5-21(23)17-24(27-26)19-7-9-20(10-8-19)25-18-22(30)11-16-31-25/h3-10,17,22,25,30H,2,11-16,18H2,1H3/t22-,25?/m1/s1. The molecule has 2 aliphatic heterocycles. The molecule has 2 saturated heterocycles. The SMILES string of the molecule is CCN1CCN(c2nc(-c3ccc(C4C[C@H](O)CCO4)cc3)cc3ccccc23)CC1. The van der Waals surface area contributed by atoms with Gasteiger partial charge in [0, 0.05) is 50.2 Å². The first kappa shape index (κ1) is 20.4. The fourth-order valence-electron chi connectivity index (χ4n) is 4.73.